The Kier molecular flexibility index (Phi) is 5.03. The standard InChI is InChI=1S/C23H27N7O4/c1-24-16-8-19(26-15-4-3-7-29(23(15)32)20-12-10-34-11-13(12)20)28-30-17(9-25-21(16)30)22(31)27-14-5-6-18(14)33-2/h3-4,7-9,12-14,18,20,24H,5-6,10-11H2,1-2H3,(H,26,28)(H,27,31)/t12-,13+,14-,18-,20-/m1/s1. The normalized spacial score (nSPS) is 27.2. The van der Waals surface area contributed by atoms with Gasteiger partial charge in [-0.1, -0.05) is 0 Å². The Labute approximate surface area is 195 Å². The molecule has 11 nitrogen and oxygen atoms in total. The van der Waals surface area contributed by atoms with Crippen LogP contribution in [-0.2, 0) is 9.47 Å². The number of imidazole rings is 1. The molecule has 0 radical (unpaired) electrons. The van der Waals surface area contributed by atoms with Crippen molar-refractivity contribution in [2.45, 2.75) is 31.0 Å². The summed E-state index contributed by atoms with van der Waals surface area (Å²) in [6.45, 7) is 1.42. The Morgan fingerprint density at radius 1 is 1.24 bits per heavy atom. The SMILES string of the molecule is CNc1cc(Nc2cccn([C@@H]3[C@@H]4COC[C@@H]43)c2=O)nn2c(C(=O)N[C@@H]3CC[C@H]3OC)cnc12. The van der Waals surface area contributed by atoms with Crippen LogP contribution < -0.4 is 21.5 Å². The molecule has 5 atom stereocenters. The minimum atomic E-state index is -0.268. The number of hydrogen-bond donors (Lipinski definition) is 3. The fourth-order valence-corrected chi connectivity index (χ4v) is 5.13. The molecule has 6 rings (SSSR count). The molecule has 0 spiro atoms. The number of carbonyl (C=O) groups excluding carboxylic acids is 1. The van der Waals surface area contributed by atoms with Crippen LogP contribution in [0.1, 0.15) is 29.4 Å². The Morgan fingerprint density at radius 2 is 2.06 bits per heavy atom. The zero-order chi connectivity index (χ0) is 23.4. The molecule has 3 aromatic rings. The van der Waals surface area contributed by atoms with E-state index in [9.17, 15) is 9.59 Å². The molecule has 0 bridgehead atoms. The van der Waals surface area contributed by atoms with Crippen LogP contribution in [0.2, 0.25) is 0 Å². The van der Waals surface area contributed by atoms with Crippen LogP contribution in [0.5, 0.6) is 0 Å². The number of nitrogens with zero attached hydrogens (tertiary/aromatic N) is 4. The second-order valence-electron chi connectivity index (χ2n) is 9.12. The van der Waals surface area contributed by atoms with Gasteiger partial charge >= 0.3 is 0 Å². The summed E-state index contributed by atoms with van der Waals surface area (Å²) in [6.07, 6.45) is 5.16. The van der Waals surface area contributed by atoms with Crippen molar-refractivity contribution in [3.8, 4) is 0 Å². The van der Waals surface area contributed by atoms with Crippen molar-refractivity contribution in [1.82, 2.24) is 24.5 Å². The van der Waals surface area contributed by atoms with E-state index in [2.05, 4.69) is 26.0 Å². The van der Waals surface area contributed by atoms with Crippen LogP contribution >= 0.6 is 0 Å². The molecule has 3 N–H and O–H groups in total. The van der Waals surface area contributed by atoms with Crippen molar-refractivity contribution in [1.29, 1.82) is 0 Å². The third-order valence-corrected chi connectivity index (χ3v) is 7.27. The molecule has 1 saturated heterocycles. The van der Waals surface area contributed by atoms with Crippen molar-refractivity contribution >= 4 is 28.7 Å². The number of amides is 1. The summed E-state index contributed by atoms with van der Waals surface area (Å²) in [6, 6.07) is 5.53. The fraction of sp³-hybridized carbons (Fsp3) is 0.478. The third-order valence-electron chi connectivity index (χ3n) is 7.27. The lowest BCUT2D eigenvalue weighted by atomic mass is 9.89. The van der Waals surface area contributed by atoms with Crippen molar-refractivity contribution in [3.05, 3.63) is 46.6 Å². The third kappa shape index (κ3) is 3.34. The molecule has 3 aliphatic rings. The van der Waals surface area contributed by atoms with Gasteiger partial charge in [-0.2, -0.15) is 0 Å². The first-order valence-corrected chi connectivity index (χ1v) is 11.5. The van der Waals surface area contributed by atoms with Crippen LogP contribution in [0.25, 0.3) is 5.65 Å². The van der Waals surface area contributed by atoms with E-state index in [0.717, 1.165) is 12.8 Å². The van der Waals surface area contributed by atoms with E-state index in [1.807, 2.05) is 12.3 Å². The van der Waals surface area contributed by atoms with Gasteiger partial charge in [0.2, 0.25) is 0 Å². The second kappa shape index (κ2) is 8.10. The van der Waals surface area contributed by atoms with Crippen LogP contribution in [0, 0.1) is 11.8 Å². The minimum Gasteiger partial charge on any atom is -0.385 e. The zero-order valence-corrected chi connectivity index (χ0v) is 19.0. The lowest BCUT2D eigenvalue weighted by Gasteiger charge is -2.35. The average Bonchev–Trinajstić information content (AvgIpc) is 3.15. The molecular formula is C23H27N7O4. The highest BCUT2D eigenvalue weighted by Gasteiger charge is 2.55. The maximum absolute atomic E-state index is 13.2. The molecule has 3 fully saturated rings. The van der Waals surface area contributed by atoms with Crippen LogP contribution in [-0.4, -0.2) is 64.6 Å². The monoisotopic (exact) mass is 465 g/mol. The van der Waals surface area contributed by atoms with E-state index in [-0.39, 0.29) is 29.7 Å². The number of ether oxygens (including phenoxy) is 2. The maximum atomic E-state index is 13.2. The Bertz CT molecular complexity index is 1310. The average molecular weight is 466 g/mol. The highest BCUT2D eigenvalue weighted by atomic mass is 16.5. The number of methoxy groups -OCH3 is 1. The lowest BCUT2D eigenvalue weighted by Crippen LogP contribution is -2.51. The summed E-state index contributed by atoms with van der Waals surface area (Å²) in [4.78, 5) is 30.5. The molecule has 1 amide bonds. The molecule has 2 saturated carbocycles. The van der Waals surface area contributed by atoms with Crippen LogP contribution in [0.3, 0.4) is 0 Å². The first kappa shape index (κ1) is 21.1. The first-order valence-electron chi connectivity index (χ1n) is 11.5. The van der Waals surface area contributed by atoms with Crippen molar-refractivity contribution in [3.63, 3.8) is 0 Å². The fourth-order valence-electron chi connectivity index (χ4n) is 5.13. The predicted molar refractivity (Wildman–Crippen MR) is 125 cm³/mol. The quantitative estimate of drug-likeness (QED) is 0.478. The predicted octanol–water partition coefficient (Wildman–Crippen LogP) is 1.40. The highest BCUT2D eigenvalue weighted by Crippen LogP contribution is 2.53. The summed E-state index contributed by atoms with van der Waals surface area (Å²) in [5.41, 5.74) is 1.83. The van der Waals surface area contributed by atoms with Crippen molar-refractivity contribution in [2.75, 3.05) is 38.0 Å². The number of fused-ring (bicyclic) bond motifs is 2. The smallest absolute Gasteiger partial charge is 0.274 e. The van der Waals surface area contributed by atoms with Gasteiger partial charge in [0.05, 0.1) is 37.2 Å². The van der Waals surface area contributed by atoms with Gasteiger partial charge in [-0.15, -0.1) is 5.10 Å². The topological polar surface area (TPSA) is 124 Å². The van der Waals surface area contributed by atoms with E-state index in [0.29, 0.717) is 53.6 Å². The second-order valence-corrected chi connectivity index (χ2v) is 9.12. The summed E-state index contributed by atoms with van der Waals surface area (Å²) in [5.74, 6) is 0.990. The molecule has 2 aliphatic carbocycles. The minimum absolute atomic E-state index is 0.0248. The van der Waals surface area contributed by atoms with Gasteiger partial charge in [0.1, 0.15) is 5.69 Å². The van der Waals surface area contributed by atoms with E-state index >= 15 is 0 Å². The van der Waals surface area contributed by atoms with E-state index < -0.39 is 0 Å². The summed E-state index contributed by atoms with van der Waals surface area (Å²) in [5, 5.41) is 13.8. The van der Waals surface area contributed by atoms with Gasteiger partial charge in [-0.3, -0.25) is 9.59 Å². The van der Waals surface area contributed by atoms with E-state index in [1.54, 1.807) is 30.9 Å². The Hall–Kier alpha value is -3.44. The van der Waals surface area contributed by atoms with Gasteiger partial charge in [-0.25, -0.2) is 9.50 Å². The summed E-state index contributed by atoms with van der Waals surface area (Å²) < 4.78 is 14.1. The van der Waals surface area contributed by atoms with Gasteiger partial charge < -0.3 is 30.0 Å². The number of anilines is 3. The molecule has 178 valence electrons. The summed E-state index contributed by atoms with van der Waals surface area (Å²) in [7, 11) is 3.42. The molecule has 11 heteroatoms. The van der Waals surface area contributed by atoms with Crippen molar-refractivity contribution < 1.29 is 14.3 Å². The van der Waals surface area contributed by atoms with Gasteiger partial charge in [0.25, 0.3) is 11.5 Å². The first-order chi connectivity index (χ1) is 16.6. The molecule has 0 aromatic carbocycles. The molecular weight excluding hydrogens is 438 g/mol. The maximum Gasteiger partial charge on any atom is 0.274 e. The molecule has 34 heavy (non-hydrogen) atoms. The van der Waals surface area contributed by atoms with Gasteiger partial charge in [0.15, 0.2) is 17.2 Å². The number of pyridine rings is 1. The molecule has 1 aliphatic heterocycles. The highest BCUT2D eigenvalue weighted by molar-refractivity contribution is 5.94. The largest absolute Gasteiger partial charge is 0.385 e. The lowest BCUT2D eigenvalue weighted by molar-refractivity contribution is 0.00718. The Balaban J connectivity index is 1.30. The van der Waals surface area contributed by atoms with Crippen LogP contribution in [0.4, 0.5) is 17.2 Å². The zero-order valence-electron chi connectivity index (χ0n) is 19.0. The molecule has 4 heterocycles. The molecule has 3 aromatic heterocycles. The number of hydrogen-bond acceptors (Lipinski definition) is 8. The molecule has 0 unspecified atom stereocenters. The van der Waals surface area contributed by atoms with E-state index in [4.69, 9.17) is 9.47 Å². The number of rotatable bonds is 7. The van der Waals surface area contributed by atoms with Crippen LogP contribution in [0.15, 0.2) is 35.4 Å². The number of nitrogens with one attached hydrogen (secondary N) is 3. The van der Waals surface area contributed by atoms with Gasteiger partial charge in [0, 0.05) is 44.3 Å². The number of carbonyl (C=O) groups is 1. The van der Waals surface area contributed by atoms with Crippen molar-refractivity contribution in [2.24, 2.45) is 11.8 Å². The van der Waals surface area contributed by atoms with E-state index in [1.165, 1.54) is 10.7 Å². The summed E-state index contributed by atoms with van der Waals surface area (Å²) >= 11 is 0. The Morgan fingerprint density at radius 3 is 2.76 bits per heavy atom. The number of aromatic nitrogens is 4. The van der Waals surface area contributed by atoms with Gasteiger partial charge in [-0.05, 0) is 25.0 Å².